The van der Waals surface area contributed by atoms with Crippen LogP contribution in [0.1, 0.15) is 26.7 Å². The molecule has 0 aliphatic carbocycles. The van der Waals surface area contributed by atoms with Crippen LogP contribution in [0.5, 0.6) is 0 Å². The summed E-state index contributed by atoms with van der Waals surface area (Å²) in [5.74, 6) is 0.937. The highest BCUT2D eigenvalue weighted by Gasteiger charge is 2.01. The van der Waals surface area contributed by atoms with E-state index < -0.39 is 0 Å². The summed E-state index contributed by atoms with van der Waals surface area (Å²) in [6.07, 6.45) is 4.15. The maximum Gasteiger partial charge on any atom is 0.133 e. The van der Waals surface area contributed by atoms with E-state index in [4.69, 9.17) is 0 Å². The molecule has 0 aromatic heterocycles. The van der Waals surface area contributed by atoms with Gasteiger partial charge >= 0.3 is 0 Å². The Morgan fingerprint density at radius 2 is 1.89 bits per heavy atom. The minimum Gasteiger partial charge on any atom is -0.0863 e. The second-order valence-corrected chi connectivity index (χ2v) is 3.48. The molecule has 9 heavy (non-hydrogen) atoms. The van der Waals surface area contributed by atoms with Gasteiger partial charge in [0.2, 0.25) is 0 Å². The quantitative estimate of drug-likeness (QED) is 0.507. The Balaban J connectivity index is 3.06. The molecular formula is C8H19B. The molecule has 0 aromatic carbocycles. The van der Waals surface area contributed by atoms with Gasteiger partial charge in [-0.3, -0.25) is 0 Å². The van der Waals surface area contributed by atoms with Crippen molar-refractivity contribution >= 4 is 6.71 Å². The zero-order valence-corrected chi connectivity index (χ0v) is 7.28. The average molecular weight is 126 g/mol. The number of hydrogen-bond acceptors (Lipinski definition) is 0. The minimum atomic E-state index is 0.888. The topological polar surface area (TPSA) is 0 Å². The van der Waals surface area contributed by atoms with Gasteiger partial charge < -0.3 is 0 Å². The molecule has 0 aromatic rings. The first-order chi connectivity index (χ1) is 4.16. The molecule has 0 N–H and O–H groups in total. The summed E-state index contributed by atoms with van der Waals surface area (Å²) in [5.41, 5.74) is 0. The monoisotopic (exact) mass is 126 g/mol. The molecule has 54 valence electrons. The van der Waals surface area contributed by atoms with E-state index in [1.165, 1.54) is 19.2 Å². The van der Waals surface area contributed by atoms with Crippen LogP contribution < -0.4 is 0 Å². The molecule has 1 atom stereocenters. The predicted molar refractivity (Wildman–Crippen MR) is 46.4 cm³/mol. The third-order valence-electron chi connectivity index (χ3n) is 1.93. The molecule has 0 radical (unpaired) electrons. The van der Waals surface area contributed by atoms with Crippen molar-refractivity contribution in [1.29, 1.82) is 0 Å². The molecule has 0 aliphatic heterocycles. The molecule has 0 saturated heterocycles. The number of rotatable bonds is 4. The van der Waals surface area contributed by atoms with E-state index in [-0.39, 0.29) is 0 Å². The summed E-state index contributed by atoms with van der Waals surface area (Å²) in [4.78, 5) is 0. The third kappa shape index (κ3) is 5.94. The second kappa shape index (κ2) is 4.90. The van der Waals surface area contributed by atoms with Gasteiger partial charge in [-0.15, -0.1) is 0 Å². The molecule has 0 heterocycles. The first kappa shape index (κ1) is 9.06. The van der Waals surface area contributed by atoms with Gasteiger partial charge in [0.05, 0.1) is 0 Å². The van der Waals surface area contributed by atoms with Crippen molar-refractivity contribution in [3.05, 3.63) is 0 Å². The Hall–Kier alpha value is 0.0649. The largest absolute Gasteiger partial charge is 0.133 e. The van der Waals surface area contributed by atoms with Crippen molar-refractivity contribution in [2.45, 2.75) is 46.7 Å². The van der Waals surface area contributed by atoms with Crippen LogP contribution in [0.15, 0.2) is 0 Å². The van der Waals surface area contributed by atoms with E-state index >= 15 is 0 Å². The molecule has 0 aliphatic rings. The highest BCUT2D eigenvalue weighted by molar-refractivity contribution is 6.55. The third-order valence-corrected chi connectivity index (χ3v) is 1.93. The fraction of sp³-hybridized carbons (Fsp3) is 1.00. The smallest absolute Gasteiger partial charge is 0.0863 e. The van der Waals surface area contributed by atoms with Gasteiger partial charge in [0, 0.05) is 0 Å². The molecule has 0 fully saturated rings. The standard InChI is InChI=1S/C8H19B/c1-5-8(2)6-7-9(3)4/h8H,5-7H2,1-4H3. The Kier molecular flexibility index (Phi) is 4.93. The molecule has 0 bridgehead atoms. The van der Waals surface area contributed by atoms with Crippen molar-refractivity contribution in [1.82, 2.24) is 0 Å². The van der Waals surface area contributed by atoms with E-state index in [0.29, 0.717) is 0 Å². The van der Waals surface area contributed by atoms with Gasteiger partial charge in [-0.25, -0.2) is 0 Å². The van der Waals surface area contributed by atoms with Gasteiger partial charge in [0.1, 0.15) is 6.71 Å². The maximum atomic E-state index is 2.34. The first-order valence-electron chi connectivity index (χ1n) is 4.16. The van der Waals surface area contributed by atoms with Gasteiger partial charge in [0.25, 0.3) is 0 Å². The zero-order valence-electron chi connectivity index (χ0n) is 7.28. The average Bonchev–Trinajstić information content (AvgIpc) is 1.83. The SMILES string of the molecule is CCC(C)CCB(C)C. The molecule has 0 nitrogen and oxygen atoms in total. The molecule has 0 saturated carbocycles. The van der Waals surface area contributed by atoms with Crippen molar-refractivity contribution in [2.75, 3.05) is 0 Å². The maximum absolute atomic E-state index is 2.34. The van der Waals surface area contributed by atoms with Crippen LogP contribution in [-0.4, -0.2) is 6.71 Å². The van der Waals surface area contributed by atoms with E-state index in [1.807, 2.05) is 0 Å². The summed E-state index contributed by atoms with van der Waals surface area (Å²) in [6, 6.07) is 0. The lowest BCUT2D eigenvalue weighted by Crippen LogP contribution is -2.02. The Bertz CT molecular complexity index is 59.6. The lowest BCUT2D eigenvalue weighted by Gasteiger charge is -2.07. The Morgan fingerprint density at radius 3 is 2.22 bits per heavy atom. The van der Waals surface area contributed by atoms with Gasteiger partial charge in [-0.1, -0.05) is 46.7 Å². The number of hydrogen-bond donors (Lipinski definition) is 0. The summed E-state index contributed by atoms with van der Waals surface area (Å²) in [5, 5.41) is 0. The molecule has 1 heteroatoms. The molecule has 0 amide bonds. The molecular weight excluding hydrogens is 107 g/mol. The van der Waals surface area contributed by atoms with E-state index in [2.05, 4.69) is 27.5 Å². The van der Waals surface area contributed by atoms with E-state index in [9.17, 15) is 0 Å². The van der Waals surface area contributed by atoms with Crippen LogP contribution >= 0.6 is 0 Å². The Morgan fingerprint density at radius 1 is 1.33 bits per heavy atom. The van der Waals surface area contributed by atoms with E-state index in [1.54, 1.807) is 0 Å². The summed E-state index contributed by atoms with van der Waals surface area (Å²) >= 11 is 0. The summed E-state index contributed by atoms with van der Waals surface area (Å²) in [7, 11) is 0. The highest BCUT2D eigenvalue weighted by atomic mass is 14.0. The fourth-order valence-corrected chi connectivity index (χ4v) is 0.822. The van der Waals surface area contributed by atoms with Gasteiger partial charge in [-0.05, 0) is 5.92 Å². The van der Waals surface area contributed by atoms with Gasteiger partial charge in [-0.2, -0.15) is 0 Å². The molecule has 0 rings (SSSR count). The summed E-state index contributed by atoms with van der Waals surface area (Å²) in [6.45, 7) is 10.1. The fourth-order valence-electron chi connectivity index (χ4n) is 0.822. The second-order valence-electron chi connectivity index (χ2n) is 3.48. The van der Waals surface area contributed by atoms with Crippen LogP contribution in [0, 0.1) is 5.92 Å². The van der Waals surface area contributed by atoms with Crippen molar-refractivity contribution < 1.29 is 0 Å². The summed E-state index contributed by atoms with van der Waals surface area (Å²) < 4.78 is 0. The van der Waals surface area contributed by atoms with Crippen LogP contribution in [0.4, 0.5) is 0 Å². The first-order valence-corrected chi connectivity index (χ1v) is 4.16. The predicted octanol–water partition coefficient (Wildman–Crippen LogP) is 3.18. The lowest BCUT2D eigenvalue weighted by molar-refractivity contribution is 0.542. The van der Waals surface area contributed by atoms with Crippen molar-refractivity contribution in [3.8, 4) is 0 Å². The Labute approximate surface area is 60.1 Å². The minimum absolute atomic E-state index is 0.888. The van der Waals surface area contributed by atoms with Crippen LogP contribution in [0.2, 0.25) is 20.0 Å². The lowest BCUT2D eigenvalue weighted by atomic mass is 9.51. The molecule has 1 unspecified atom stereocenters. The van der Waals surface area contributed by atoms with Crippen LogP contribution in [0.25, 0.3) is 0 Å². The van der Waals surface area contributed by atoms with Gasteiger partial charge in [0.15, 0.2) is 0 Å². The normalized spacial score (nSPS) is 13.3. The zero-order chi connectivity index (χ0) is 7.28. The van der Waals surface area contributed by atoms with Crippen LogP contribution in [-0.2, 0) is 0 Å². The highest BCUT2D eigenvalue weighted by Crippen LogP contribution is 2.11. The van der Waals surface area contributed by atoms with Crippen LogP contribution in [0.3, 0.4) is 0 Å². The van der Waals surface area contributed by atoms with Crippen molar-refractivity contribution in [2.24, 2.45) is 5.92 Å². The molecule has 0 spiro atoms. The van der Waals surface area contributed by atoms with E-state index in [0.717, 1.165) is 12.6 Å². The van der Waals surface area contributed by atoms with Crippen molar-refractivity contribution in [3.63, 3.8) is 0 Å².